The molecule has 2 aromatic rings. The molecule has 0 aliphatic carbocycles. The summed E-state index contributed by atoms with van der Waals surface area (Å²) in [6.07, 6.45) is 5.08. The lowest BCUT2D eigenvalue weighted by Crippen LogP contribution is -2.21. The van der Waals surface area contributed by atoms with Gasteiger partial charge in [0.25, 0.3) is 5.91 Å². The second-order valence-electron chi connectivity index (χ2n) is 5.30. The van der Waals surface area contributed by atoms with Crippen molar-refractivity contribution in [2.24, 2.45) is 0 Å². The highest BCUT2D eigenvalue weighted by atomic mass is 16.4. The first-order valence-electron chi connectivity index (χ1n) is 7.23. The number of para-hydroxylation sites is 1. The van der Waals surface area contributed by atoms with Crippen LogP contribution < -0.4 is 5.32 Å². The molecule has 0 saturated carbocycles. The molecule has 3 rings (SSSR count). The van der Waals surface area contributed by atoms with Crippen LogP contribution in [-0.2, 0) is 16.0 Å². The quantitative estimate of drug-likeness (QED) is 0.854. The number of hydrogen-bond acceptors (Lipinski definition) is 2. The van der Waals surface area contributed by atoms with Crippen LogP contribution in [0.5, 0.6) is 0 Å². The zero-order chi connectivity index (χ0) is 16.2. The molecule has 2 N–H and O–H groups in total. The van der Waals surface area contributed by atoms with Crippen LogP contribution in [0.25, 0.3) is 12.2 Å². The lowest BCUT2D eigenvalue weighted by molar-refractivity contribution is -0.131. The van der Waals surface area contributed by atoms with Crippen molar-refractivity contribution in [3.63, 3.8) is 0 Å². The van der Waals surface area contributed by atoms with Gasteiger partial charge in [0.15, 0.2) is 0 Å². The van der Waals surface area contributed by atoms with Crippen LogP contribution in [0, 0.1) is 0 Å². The summed E-state index contributed by atoms with van der Waals surface area (Å²) in [4.78, 5) is 22.6. The van der Waals surface area contributed by atoms with Crippen molar-refractivity contribution in [3.8, 4) is 0 Å². The fourth-order valence-corrected chi connectivity index (χ4v) is 2.47. The number of carboxylic acid groups (broad SMARTS) is 1. The highest BCUT2D eigenvalue weighted by molar-refractivity contribution is 6.09. The van der Waals surface area contributed by atoms with E-state index >= 15 is 0 Å². The van der Waals surface area contributed by atoms with Crippen LogP contribution in [0.15, 0.2) is 60.2 Å². The Balaban J connectivity index is 1.82. The first kappa shape index (κ1) is 14.8. The predicted molar refractivity (Wildman–Crippen MR) is 89.9 cm³/mol. The second-order valence-corrected chi connectivity index (χ2v) is 5.30. The number of carbonyl (C=O) groups excluding carboxylic acids is 1. The molecule has 0 aromatic heterocycles. The maximum absolute atomic E-state index is 12.1. The van der Waals surface area contributed by atoms with Crippen molar-refractivity contribution in [2.75, 3.05) is 5.32 Å². The second kappa shape index (κ2) is 6.32. The number of anilines is 1. The third-order valence-electron chi connectivity index (χ3n) is 3.63. The summed E-state index contributed by atoms with van der Waals surface area (Å²) in [6.45, 7) is 0. The van der Waals surface area contributed by atoms with E-state index in [9.17, 15) is 9.59 Å². The number of hydrogen-bond donors (Lipinski definition) is 2. The number of amides is 1. The maximum Gasteiger partial charge on any atom is 0.328 e. The maximum atomic E-state index is 12.1. The molecule has 0 atom stereocenters. The van der Waals surface area contributed by atoms with E-state index in [4.69, 9.17) is 5.11 Å². The Morgan fingerprint density at radius 1 is 1.04 bits per heavy atom. The third kappa shape index (κ3) is 3.55. The molecule has 0 saturated heterocycles. The molecule has 1 heterocycles. The number of aliphatic carboxylic acids is 1. The fourth-order valence-electron chi connectivity index (χ4n) is 2.47. The molecule has 1 amide bonds. The summed E-state index contributed by atoms with van der Waals surface area (Å²) in [6, 6.07) is 15.1. The minimum Gasteiger partial charge on any atom is -0.478 e. The third-order valence-corrected chi connectivity index (χ3v) is 3.63. The van der Waals surface area contributed by atoms with Gasteiger partial charge in [-0.05, 0) is 34.9 Å². The molecule has 1 aliphatic heterocycles. The zero-order valence-electron chi connectivity index (χ0n) is 12.3. The fraction of sp³-hybridized carbons (Fsp3) is 0.0526. The SMILES string of the molecule is O=C(O)/C=C/c1ccc(C=C2Cc3ccccc3NC2=O)cc1. The van der Waals surface area contributed by atoms with Gasteiger partial charge >= 0.3 is 5.97 Å². The summed E-state index contributed by atoms with van der Waals surface area (Å²) in [5.74, 6) is -1.06. The van der Waals surface area contributed by atoms with Crippen LogP contribution in [0.3, 0.4) is 0 Å². The van der Waals surface area contributed by atoms with E-state index in [1.54, 1.807) is 0 Å². The van der Waals surface area contributed by atoms with Gasteiger partial charge < -0.3 is 10.4 Å². The molecule has 0 fully saturated rings. The van der Waals surface area contributed by atoms with E-state index < -0.39 is 5.97 Å². The van der Waals surface area contributed by atoms with Gasteiger partial charge in [0, 0.05) is 23.8 Å². The van der Waals surface area contributed by atoms with Crippen molar-refractivity contribution in [1.82, 2.24) is 0 Å². The molecule has 114 valence electrons. The number of rotatable bonds is 3. The highest BCUT2D eigenvalue weighted by Gasteiger charge is 2.19. The Kier molecular flexibility index (Phi) is 4.06. The van der Waals surface area contributed by atoms with E-state index in [0.29, 0.717) is 12.0 Å². The Bertz CT molecular complexity index is 817. The first-order valence-corrected chi connectivity index (χ1v) is 7.23. The van der Waals surface area contributed by atoms with Crippen molar-refractivity contribution < 1.29 is 14.7 Å². The summed E-state index contributed by atoms with van der Waals surface area (Å²) in [5.41, 5.74) is 4.37. The van der Waals surface area contributed by atoms with Crippen LogP contribution in [-0.4, -0.2) is 17.0 Å². The van der Waals surface area contributed by atoms with Gasteiger partial charge in [0.1, 0.15) is 0 Å². The van der Waals surface area contributed by atoms with Crippen LogP contribution in [0.1, 0.15) is 16.7 Å². The van der Waals surface area contributed by atoms with Crippen molar-refractivity contribution in [1.29, 1.82) is 0 Å². The topological polar surface area (TPSA) is 66.4 Å². The normalized spacial score (nSPS) is 15.5. The number of fused-ring (bicyclic) bond motifs is 1. The summed E-state index contributed by atoms with van der Waals surface area (Å²) < 4.78 is 0. The van der Waals surface area contributed by atoms with E-state index in [1.807, 2.05) is 54.6 Å². The van der Waals surface area contributed by atoms with Gasteiger partial charge in [-0.2, -0.15) is 0 Å². The lowest BCUT2D eigenvalue weighted by Gasteiger charge is -2.19. The molecule has 0 unspecified atom stereocenters. The lowest BCUT2D eigenvalue weighted by atomic mass is 9.96. The molecular formula is C19H15NO3. The minimum atomic E-state index is -0.978. The average molecular weight is 305 g/mol. The Hall–Kier alpha value is -3.14. The Morgan fingerprint density at radius 2 is 1.74 bits per heavy atom. The number of carboxylic acids is 1. The van der Waals surface area contributed by atoms with Gasteiger partial charge in [-0.25, -0.2) is 4.79 Å². The van der Waals surface area contributed by atoms with Gasteiger partial charge in [-0.3, -0.25) is 4.79 Å². The predicted octanol–water partition coefficient (Wildman–Crippen LogP) is 3.36. The van der Waals surface area contributed by atoms with Crippen molar-refractivity contribution >= 4 is 29.7 Å². The van der Waals surface area contributed by atoms with Crippen LogP contribution >= 0.6 is 0 Å². The summed E-state index contributed by atoms with van der Waals surface area (Å²) in [5, 5.41) is 11.5. The molecule has 4 nitrogen and oxygen atoms in total. The Labute approximate surface area is 133 Å². The monoisotopic (exact) mass is 305 g/mol. The van der Waals surface area contributed by atoms with Gasteiger partial charge in [-0.15, -0.1) is 0 Å². The zero-order valence-corrected chi connectivity index (χ0v) is 12.3. The molecular weight excluding hydrogens is 290 g/mol. The minimum absolute atomic E-state index is 0.0847. The molecule has 0 bridgehead atoms. The highest BCUT2D eigenvalue weighted by Crippen LogP contribution is 2.26. The first-order chi connectivity index (χ1) is 11.1. The van der Waals surface area contributed by atoms with Crippen molar-refractivity contribution in [3.05, 3.63) is 76.9 Å². The molecule has 4 heteroatoms. The summed E-state index contributed by atoms with van der Waals surface area (Å²) in [7, 11) is 0. The van der Waals surface area contributed by atoms with Gasteiger partial charge in [0.2, 0.25) is 0 Å². The number of benzene rings is 2. The van der Waals surface area contributed by atoms with Crippen LogP contribution in [0.4, 0.5) is 5.69 Å². The van der Waals surface area contributed by atoms with Crippen molar-refractivity contribution in [2.45, 2.75) is 6.42 Å². The van der Waals surface area contributed by atoms with Gasteiger partial charge in [0.05, 0.1) is 0 Å². The molecule has 23 heavy (non-hydrogen) atoms. The summed E-state index contributed by atoms with van der Waals surface area (Å²) >= 11 is 0. The molecule has 1 aliphatic rings. The Morgan fingerprint density at radius 3 is 2.48 bits per heavy atom. The van der Waals surface area contributed by atoms with Crippen LogP contribution in [0.2, 0.25) is 0 Å². The smallest absolute Gasteiger partial charge is 0.328 e. The van der Waals surface area contributed by atoms with E-state index in [2.05, 4.69) is 5.32 Å². The largest absolute Gasteiger partial charge is 0.478 e. The van der Waals surface area contributed by atoms with E-state index in [1.165, 1.54) is 6.08 Å². The number of nitrogens with one attached hydrogen (secondary N) is 1. The molecule has 2 aromatic carbocycles. The molecule has 0 spiro atoms. The van der Waals surface area contributed by atoms with E-state index in [0.717, 1.165) is 28.5 Å². The van der Waals surface area contributed by atoms with Gasteiger partial charge in [-0.1, -0.05) is 42.5 Å². The van der Waals surface area contributed by atoms with E-state index in [-0.39, 0.29) is 5.91 Å². The average Bonchev–Trinajstić information content (AvgIpc) is 2.55. The standard InChI is InChI=1S/C19H15NO3/c21-18(22)10-9-13-5-7-14(8-6-13)11-16-12-15-3-1-2-4-17(15)20-19(16)23/h1-11H,12H2,(H,20,23)(H,21,22)/b10-9+,16-11?. The number of carbonyl (C=O) groups is 2. The molecule has 0 radical (unpaired) electrons.